The maximum atomic E-state index is 11.4. The number of benzene rings is 1. The molecule has 20 heavy (non-hydrogen) atoms. The summed E-state index contributed by atoms with van der Waals surface area (Å²) < 4.78 is 22.7. The number of sulfone groups is 1. The van der Waals surface area contributed by atoms with Crippen LogP contribution in [0.4, 0.5) is 17.3 Å². The lowest BCUT2D eigenvalue weighted by Crippen LogP contribution is -2.01. The average molecular weight is 310 g/mol. The molecule has 0 radical (unpaired) electrons. The van der Waals surface area contributed by atoms with E-state index in [1.165, 1.54) is 30.2 Å². The van der Waals surface area contributed by atoms with E-state index in [1.807, 2.05) is 6.26 Å². The monoisotopic (exact) mass is 310 g/mol. The highest BCUT2D eigenvalue weighted by Gasteiger charge is 2.07. The lowest BCUT2D eigenvalue weighted by atomic mass is 10.3. The largest absolute Gasteiger partial charge is 0.383 e. The first-order valence-electron chi connectivity index (χ1n) is 5.64. The molecule has 0 saturated carbocycles. The van der Waals surface area contributed by atoms with Crippen LogP contribution in [0.25, 0.3) is 0 Å². The lowest BCUT2D eigenvalue weighted by molar-refractivity contribution is 0.602. The Bertz CT molecular complexity index is 715. The van der Waals surface area contributed by atoms with Crippen molar-refractivity contribution >= 4 is 38.9 Å². The van der Waals surface area contributed by atoms with Gasteiger partial charge in [-0.3, -0.25) is 0 Å². The van der Waals surface area contributed by atoms with Crippen LogP contribution in [0.15, 0.2) is 40.4 Å². The number of nitrogen functional groups attached to an aromatic ring is 1. The van der Waals surface area contributed by atoms with Gasteiger partial charge in [0.2, 0.25) is 0 Å². The summed E-state index contributed by atoms with van der Waals surface area (Å²) in [5.41, 5.74) is 6.41. The molecule has 106 valence electrons. The molecule has 0 bridgehead atoms. The number of hydrogen-bond acceptors (Lipinski definition) is 7. The van der Waals surface area contributed by atoms with Gasteiger partial charge in [-0.05, 0) is 30.5 Å². The van der Waals surface area contributed by atoms with E-state index in [-0.39, 0.29) is 4.90 Å². The van der Waals surface area contributed by atoms with Gasteiger partial charge in [0.15, 0.2) is 15.0 Å². The van der Waals surface area contributed by atoms with Gasteiger partial charge in [0.05, 0.1) is 4.90 Å². The number of nitrogens with two attached hydrogens (primary N) is 1. The summed E-state index contributed by atoms with van der Waals surface area (Å²) in [7, 11) is -3.19. The zero-order chi connectivity index (χ0) is 14.8. The van der Waals surface area contributed by atoms with Crippen molar-refractivity contribution in [1.82, 2.24) is 9.97 Å². The van der Waals surface area contributed by atoms with Gasteiger partial charge in [-0.1, -0.05) is 11.8 Å². The Kier molecular flexibility index (Phi) is 4.15. The molecule has 0 aliphatic heterocycles. The molecule has 0 saturated heterocycles. The Labute approximate surface area is 121 Å². The molecule has 0 amide bonds. The SMILES string of the molecule is CSc1nc(N)cc(Nc2ccc(S(C)(=O)=O)cc2)n1. The third-order valence-electron chi connectivity index (χ3n) is 2.46. The van der Waals surface area contributed by atoms with Gasteiger partial charge >= 0.3 is 0 Å². The molecule has 0 spiro atoms. The van der Waals surface area contributed by atoms with Gasteiger partial charge in [-0.2, -0.15) is 0 Å². The van der Waals surface area contributed by atoms with E-state index in [0.717, 1.165) is 5.69 Å². The first-order chi connectivity index (χ1) is 9.38. The number of thioether (sulfide) groups is 1. The number of aromatic nitrogens is 2. The summed E-state index contributed by atoms with van der Waals surface area (Å²) in [4.78, 5) is 8.58. The highest BCUT2D eigenvalue weighted by molar-refractivity contribution is 7.98. The highest BCUT2D eigenvalue weighted by atomic mass is 32.2. The number of rotatable bonds is 4. The van der Waals surface area contributed by atoms with E-state index in [2.05, 4.69) is 15.3 Å². The molecular weight excluding hydrogens is 296 g/mol. The number of anilines is 3. The zero-order valence-electron chi connectivity index (χ0n) is 11.0. The summed E-state index contributed by atoms with van der Waals surface area (Å²) in [6.07, 6.45) is 3.03. The fourth-order valence-electron chi connectivity index (χ4n) is 1.53. The Morgan fingerprint density at radius 1 is 1.20 bits per heavy atom. The summed E-state index contributed by atoms with van der Waals surface area (Å²) in [5, 5.41) is 3.63. The fourth-order valence-corrected chi connectivity index (χ4v) is 2.55. The van der Waals surface area contributed by atoms with Crippen LogP contribution in [-0.2, 0) is 9.84 Å². The topological polar surface area (TPSA) is 98.0 Å². The number of nitrogens with zero attached hydrogens (tertiary/aromatic N) is 2. The third kappa shape index (κ3) is 3.61. The molecule has 0 atom stereocenters. The second-order valence-electron chi connectivity index (χ2n) is 4.09. The molecular formula is C12H14N4O2S2. The molecule has 2 rings (SSSR count). The minimum Gasteiger partial charge on any atom is -0.383 e. The number of hydrogen-bond donors (Lipinski definition) is 2. The second-order valence-corrected chi connectivity index (χ2v) is 6.88. The summed E-state index contributed by atoms with van der Waals surface area (Å²) in [6, 6.07) is 8.04. The summed E-state index contributed by atoms with van der Waals surface area (Å²) in [6.45, 7) is 0. The Morgan fingerprint density at radius 2 is 1.85 bits per heavy atom. The normalized spacial score (nSPS) is 11.3. The number of nitrogens with one attached hydrogen (secondary N) is 1. The van der Waals surface area contributed by atoms with E-state index < -0.39 is 9.84 Å². The van der Waals surface area contributed by atoms with Gasteiger partial charge in [0.1, 0.15) is 11.6 Å². The van der Waals surface area contributed by atoms with Crippen molar-refractivity contribution in [3.8, 4) is 0 Å². The first-order valence-corrected chi connectivity index (χ1v) is 8.76. The van der Waals surface area contributed by atoms with Crippen molar-refractivity contribution in [3.63, 3.8) is 0 Å². The van der Waals surface area contributed by atoms with Crippen LogP contribution < -0.4 is 11.1 Å². The molecule has 1 aromatic heterocycles. The second kappa shape index (κ2) is 5.68. The highest BCUT2D eigenvalue weighted by Crippen LogP contribution is 2.20. The van der Waals surface area contributed by atoms with Crippen molar-refractivity contribution in [2.75, 3.05) is 23.6 Å². The van der Waals surface area contributed by atoms with Gasteiger partial charge in [-0.25, -0.2) is 18.4 Å². The van der Waals surface area contributed by atoms with Gasteiger partial charge in [-0.15, -0.1) is 0 Å². The minimum absolute atomic E-state index is 0.273. The average Bonchev–Trinajstić information content (AvgIpc) is 2.37. The van der Waals surface area contributed by atoms with E-state index in [0.29, 0.717) is 16.8 Å². The fraction of sp³-hybridized carbons (Fsp3) is 0.167. The smallest absolute Gasteiger partial charge is 0.191 e. The molecule has 1 aromatic carbocycles. The van der Waals surface area contributed by atoms with Crippen molar-refractivity contribution in [3.05, 3.63) is 30.3 Å². The molecule has 0 unspecified atom stereocenters. The molecule has 2 aromatic rings. The summed E-state index contributed by atoms with van der Waals surface area (Å²) >= 11 is 1.39. The van der Waals surface area contributed by atoms with Crippen LogP contribution in [0, 0.1) is 0 Å². The molecule has 0 aliphatic carbocycles. The maximum Gasteiger partial charge on any atom is 0.191 e. The van der Waals surface area contributed by atoms with Gasteiger partial charge < -0.3 is 11.1 Å². The van der Waals surface area contributed by atoms with E-state index in [4.69, 9.17) is 5.73 Å². The third-order valence-corrected chi connectivity index (χ3v) is 4.14. The van der Waals surface area contributed by atoms with Crippen LogP contribution in [-0.4, -0.2) is 30.9 Å². The lowest BCUT2D eigenvalue weighted by Gasteiger charge is -2.08. The molecule has 6 nitrogen and oxygen atoms in total. The van der Waals surface area contributed by atoms with Crippen LogP contribution in [0.3, 0.4) is 0 Å². The molecule has 1 heterocycles. The predicted molar refractivity (Wildman–Crippen MR) is 81.1 cm³/mol. The summed E-state index contributed by atoms with van der Waals surface area (Å²) in [5.74, 6) is 0.938. The molecule has 0 aliphatic rings. The quantitative estimate of drug-likeness (QED) is 0.657. The van der Waals surface area contributed by atoms with E-state index >= 15 is 0 Å². The van der Waals surface area contributed by atoms with Crippen molar-refractivity contribution in [2.24, 2.45) is 0 Å². The molecule has 8 heteroatoms. The van der Waals surface area contributed by atoms with Crippen molar-refractivity contribution < 1.29 is 8.42 Å². The Hall–Kier alpha value is -1.80. The van der Waals surface area contributed by atoms with Gasteiger partial charge in [0, 0.05) is 18.0 Å². The molecule has 3 N–H and O–H groups in total. The van der Waals surface area contributed by atoms with Crippen LogP contribution in [0.2, 0.25) is 0 Å². The molecule has 0 fully saturated rings. The van der Waals surface area contributed by atoms with Crippen LogP contribution in [0.1, 0.15) is 0 Å². The minimum atomic E-state index is -3.19. The standard InChI is InChI=1S/C12H14N4O2S2/c1-19-12-15-10(13)7-11(16-12)14-8-3-5-9(6-4-8)20(2,17)18/h3-7H,1-2H3,(H3,13,14,15,16). The van der Waals surface area contributed by atoms with Crippen molar-refractivity contribution in [2.45, 2.75) is 10.1 Å². The Balaban J connectivity index is 2.24. The van der Waals surface area contributed by atoms with E-state index in [1.54, 1.807) is 18.2 Å². The maximum absolute atomic E-state index is 11.4. The van der Waals surface area contributed by atoms with Crippen molar-refractivity contribution in [1.29, 1.82) is 0 Å². The zero-order valence-corrected chi connectivity index (χ0v) is 12.6. The Morgan fingerprint density at radius 3 is 2.40 bits per heavy atom. The van der Waals surface area contributed by atoms with Crippen LogP contribution in [0.5, 0.6) is 0 Å². The van der Waals surface area contributed by atoms with E-state index in [9.17, 15) is 8.42 Å². The van der Waals surface area contributed by atoms with Gasteiger partial charge in [0.25, 0.3) is 0 Å². The first kappa shape index (κ1) is 14.6. The predicted octanol–water partition coefficient (Wildman–Crippen LogP) is 1.93. The van der Waals surface area contributed by atoms with Crippen LogP contribution >= 0.6 is 11.8 Å².